The Morgan fingerprint density at radius 1 is 0.738 bits per heavy atom. The molecule has 0 bridgehead atoms. The Bertz CT molecular complexity index is 829. The molecule has 3 heterocycles. The summed E-state index contributed by atoms with van der Waals surface area (Å²) in [5, 5.41) is 85.6. The van der Waals surface area contributed by atoms with Crippen molar-refractivity contribution in [2.24, 2.45) is 5.73 Å². The molecule has 0 saturated carbocycles. The van der Waals surface area contributed by atoms with Crippen LogP contribution in [0.3, 0.4) is 0 Å². The van der Waals surface area contributed by atoms with Crippen LogP contribution in [-0.4, -0.2) is 165 Å². The number of rotatable bonds is 13. The van der Waals surface area contributed by atoms with Crippen molar-refractivity contribution in [2.45, 2.75) is 125 Å². The van der Waals surface area contributed by atoms with Crippen LogP contribution >= 0.6 is 0 Å². The Morgan fingerprint density at radius 3 is 2.00 bits per heavy atom. The molecule has 11 N–H and O–H groups in total. The maximum absolute atomic E-state index is 12.0. The molecule has 0 aromatic heterocycles. The van der Waals surface area contributed by atoms with E-state index in [1.165, 1.54) is 13.8 Å². The molecule has 3 aliphatic rings. The van der Waals surface area contributed by atoms with Crippen molar-refractivity contribution in [1.29, 1.82) is 0 Å². The summed E-state index contributed by atoms with van der Waals surface area (Å²) < 4.78 is 34.3. The molecule has 17 nitrogen and oxygen atoms in total. The Labute approximate surface area is 243 Å². The second-order valence-electron chi connectivity index (χ2n) is 10.8. The van der Waals surface area contributed by atoms with E-state index >= 15 is 0 Å². The number of aliphatic hydroxyl groups excluding tert-OH is 8. The van der Waals surface area contributed by atoms with Crippen molar-refractivity contribution in [3.8, 4) is 0 Å². The van der Waals surface area contributed by atoms with Crippen LogP contribution in [0.4, 0.5) is 0 Å². The molecule has 0 spiro atoms. The minimum absolute atomic E-state index is 0.212. The summed E-state index contributed by atoms with van der Waals surface area (Å²) in [6, 6.07) is -1.17. The van der Waals surface area contributed by atoms with Crippen LogP contribution in [0.5, 0.6) is 0 Å². The van der Waals surface area contributed by atoms with Crippen LogP contribution in [0.2, 0.25) is 0 Å². The van der Waals surface area contributed by atoms with Crippen molar-refractivity contribution in [3.05, 3.63) is 0 Å². The Hall–Kier alpha value is -1.13. The van der Waals surface area contributed by atoms with E-state index < -0.39 is 111 Å². The molecule has 15 atom stereocenters. The van der Waals surface area contributed by atoms with Crippen LogP contribution in [0.25, 0.3) is 0 Å². The molecule has 3 rings (SSSR count). The summed E-state index contributed by atoms with van der Waals surface area (Å²) in [5.41, 5.74) is 5.51. The SMILES string of the molecule is CC(=O)NC1C(O)[C@H](O[C@@H]2OC(CO)[C@H](O)C(O)C2O[C@@H]2OC(C)[C@@H](O)C(O)C2O)C(CO)O[C@H]1OCCCCCN. The molecule has 0 aliphatic carbocycles. The van der Waals surface area contributed by atoms with E-state index in [0.29, 0.717) is 13.0 Å². The van der Waals surface area contributed by atoms with Gasteiger partial charge >= 0.3 is 0 Å². The third-order valence-corrected chi connectivity index (χ3v) is 7.57. The third kappa shape index (κ3) is 8.32. The number of ether oxygens (including phenoxy) is 6. The van der Waals surface area contributed by atoms with E-state index in [-0.39, 0.29) is 6.61 Å². The van der Waals surface area contributed by atoms with Crippen LogP contribution in [0.1, 0.15) is 33.1 Å². The molecule has 9 unspecified atom stereocenters. The second kappa shape index (κ2) is 16.3. The van der Waals surface area contributed by atoms with Gasteiger partial charge in [0.15, 0.2) is 18.9 Å². The molecule has 3 saturated heterocycles. The number of carbonyl (C=O) groups excluding carboxylic acids is 1. The third-order valence-electron chi connectivity index (χ3n) is 7.57. The van der Waals surface area contributed by atoms with Crippen molar-refractivity contribution in [3.63, 3.8) is 0 Å². The second-order valence-corrected chi connectivity index (χ2v) is 10.8. The summed E-state index contributed by atoms with van der Waals surface area (Å²) in [4.78, 5) is 12.0. The lowest BCUT2D eigenvalue weighted by atomic mass is 9.95. The first kappa shape index (κ1) is 35.4. The van der Waals surface area contributed by atoms with Crippen molar-refractivity contribution in [1.82, 2.24) is 5.32 Å². The van der Waals surface area contributed by atoms with Gasteiger partial charge in [0.1, 0.15) is 67.1 Å². The fourth-order valence-corrected chi connectivity index (χ4v) is 5.13. The fourth-order valence-electron chi connectivity index (χ4n) is 5.13. The Kier molecular flexibility index (Phi) is 13.7. The fraction of sp³-hybridized carbons (Fsp3) is 0.960. The van der Waals surface area contributed by atoms with Gasteiger partial charge in [0, 0.05) is 13.5 Å². The van der Waals surface area contributed by atoms with Crippen LogP contribution in [0.15, 0.2) is 0 Å². The summed E-state index contributed by atoms with van der Waals surface area (Å²) in [6.07, 6.45) is -19.0. The molecule has 3 fully saturated rings. The highest BCUT2D eigenvalue weighted by Gasteiger charge is 2.54. The standard InChI is InChI=1S/C25H46N2O15/c1-10-15(31)18(34)20(36)24(38-10)42-22-19(35)16(32)12(8-28)39-25(22)41-21-13(9-29)40-23(37-7-5-3-4-6-26)14(17(21)33)27-11(2)30/h10,12-25,28-29,31-36H,3-9,26H2,1-2H3,(H,27,30)/t10?,12?,13?,14?,15-,16+,17?,18?,19?,20?,21-,22?,23-,24+,25+/m1/s1. The number of unbranched alkanes of at least 4 members (excludes halogenated alkanes) is 2. The lowest BCUT2D eigenvalue weighted by Crippen LogP contribution is -2.68. The number of amides is 1. The molecule has 42 heavy (non-hydrogen) atoms. The van der Waals surface area contributed by atoms with Crippen LogP contribution < -0.4 is 11.1 Å². The topological polar surface area (TPSA) is 272 Å². The van der Waals surface area contributed by atoms with Crippen LogP contribution in [-0.2, 0) is 33.2 Å². The first-order chi connectivity index (χ1) is 19.9. The number of nitrogens with one attached hydrogen (secondary N) is 1. The van der Waals surface area contributed by atoms with Gasteiger partial charge in [0.25, 0.3) is 0 Å². The first-order valence-corrected chi connectivity index (χ1v) is 14.1. The van der Waals surface area contributed by atoms with Gasteiger partial charge in [-0.1, -0.05) is 0 Å². The smallest absolute Gasteiger partial charge is 0.217 e. The number of nitrogens with two attached hydrogens (primary N) is 1. The normalized spacial score (nSPS) is 44.6. The van der Waals surface area contributed by atoms with Gasteiger partial charge in [-0.15, -0.1) is 0 Å². The van der Waals surface area contributed by atoms with Gasteiger partial charge in [-0.2, -0.15) is 0 Å². The average molecular weight is 615 g/mol. The average Bonchev–Trinajstić information content (AvgIpc) is 2.96. The van der Waals surface area contributed by atoms with Crippen molar-refractivity contribution in [2.75, 3.05) is 26.4 Å². The quantitative estimate of drug-likeness (QED) is 0.0868. The molecule has 246 valence electrons. The van der Waals surface area contributed by atoms with Gasteiger partial charge in [-0.05, 0) is 32.7 Å². The van der Waals surface area contributed by atoms with E-state index in [0.717, 1.165) is 12.8 Å². The number of hydrogen-bond acceptors (Lipinski definition) is 16. The molecule has 1 amide bonds. The predicted octanol–water partition coefficient (Wildman–Crippen LogP) is -5.25. The van der Waals surface area contributed by atoms with Gasteiger partial charge < -0.3 is 80.3 Å². The number of carbonyl (C=O) groups is 1. The highest BCUT2D eigenvalue weighted by molar-refractivity contribution is 5.73. The zero-order valence-electron chi connectivity index (χ0n) is 23.6. The summed E-state index contributed by atoms with van der Waals surface area (Å²) in [7, 11) is 0. The maximum Gasteiger partial charge on any atom is 0.217 e. The summed E-state index contributed by atoms with van der Waals surface area (Å²) in [6.45, 7) is 1.93. The van der Waals surface area contributed by atoms with E-state index in [1.54, 1.807) is 0 Å². The zero-order valence-corrected chi connectivity index (χ0v) is 23.6. The molecule has 0 radical (unpaired) electrons. The molecular formula is C25H46N2O15. The van der Waals surface area contributed by atoms with E-state index in [1.807, 2.05) is 0 Å². The summed E-state index contributed by atoms with van der Waals surface area (Å²) >= 11 is 0. The Morgan fingerprint density at radius 2 is 1.38 bits per heavy atom. The monoisotopic (exact) mass is 614 g/mol. The molecule has 0 aromatic carbocycles. The summed E-state index contributed by atoms with van der Waals surface area (Å²) in [5.74, 6) is -0.520. The minimum atomic E-state index is -1.80. The minimum Gasteiger partial charge on any atom is -0.394 e. The van der Waals surface area contributed by atoms with Gasteiger partial charge in [0.2, 0.25) is 5.91 Å². The number of aliphatic hydroxyl groups is 8. The maximum atomic E-state index is 12.0. The van der Waals surface area contributed by atoms with E-state index in [4.69, 9.17) is 34.2 Å². The van der Waals surface area contributed by atoms with Crippen molar-refractivity contribution < 1.29 is 74.1 Å². The van der Waals surface area contributed by atoms with Gasteiger partial charge in [-0.25, -0.2) is 0 Å². The Balaban J connectivity index is 1.82. The largest absolute Gasteiger partial charge is 0.394 e. The molecule has 0 aromatic rings. The zero-order chi connectivity index (χ0) is 31.1. The van der Waals surface area contributed by atoms with Gasteiger partial charge in [0.05, 0.1) is 19.3 Å². The van der Waals surface area contributed by atoms with E-state index in [9.17, 15) is 45.6 Å². The lowest BCUT2D eigenvalue weighted by molar-refractivity contribution is -0.382. The lowest BCUT2D eigenvalue weighted by Gasteiger charge is -2.49. The first-order valence-electron chi connectivity index (χ1n) is 14.1. The molecular weight excluding hydrogens is 568 g/mol. The molecule has 3 aliphatic heterocycles. The predicted molar refractivity (Wildman–Crippen MR) is 138 cm³/mol. The highest BCUT2D eigenvalue weighted by Crippen LogP contribution is 2.33. The highest BCUT2D eigenvalue weighted by atomic mass is 16.8. The van der Waals surface area contributed by atoms with Crippen molar-refractivity contribution >= 4 is 5.91 Å². The van der Waals surface area contributed by atoms with Crippen LogP contribution in [0, 0.1) is 0 Å². The van der Waals surface area contributed by atoms with E-state index in [2.05, 4.69) is 5.32 Å². The number of hydrogen-bond donors (Lipinski definition) is 10. The molecule has 17 heteroatoms. The van der Waals surface area contributed by atoms with Gasteiger partial charge in [-0.3, -0.25) is 4.79 Å².